The molecule has 0 spiro atoms. The summed E-state index contributed by atoms with van der Waals surface area (Å²) in [5, 5.41) is 18.0. The van der Waals surface area contributed by atoms with Gasteiger partial charge in [-0.15, -0.1) is 0 Å². The Labute approximate surface area is 152 Å². The predicted molar refractivity (Wildman–Crippen MR) is 99.1 cm³/mol. The summed E-state index contributed by atoms with van der Waals surface area (Å²) in [4.78, 5) is 14.9. The van der Waals surface area contributed by atoms with E-state index in [1.807, 2.05) is 29.2 Å². The second-order valence-electron chi connectivity index (χ2n) is 6.44. The number of benzene rings is 2. The van der Waals surface area contributed by atoms with Gasteiger partial charge in [0.2, 0.25) is 0 Å². The van der Waals surface area contributed by atoms with Gasteiger partial charge in [-0.2, -0.15) is 0 Å². The predicted octanol–water partition coefficient (Wildman–Crippen LogP) is 2.66. The van der Waals surface area contributed by atoms with Crippen LogP contribution < -0.4 is 9.80 Å². The van der Waals surface area contributed by atoms with Crippen molar-refractivity contribution in [2.45, 2.75) is 19.4 Å². The average Bonchev–Trinajstić information content (AvgIpc) is 2.67. The first-order valence-electron chi connectivity index (χ1n) is 8.77. The van der Waals surface area contributed by atoms with Crippen LogP contribution in [-0.2, 0) is 17.8 Å². The zero-order valence-corrected chi connectivity index (χ0v) is 14.6. The highest BCUT2D eigenvalue weighted by Gasteiger charge is 2.20. The van der Waals surface area contributed by atoms with Crippen LogP contribution in [-0.4, -0.2) is 42.4 Å². The van der Waals surface area contributed by atoms with Crippen LogP contribution in [0.15, 0.2) is 42.5 Å². The third-order valence-electron chi connectivity index (χ3n) is 4.78. The molecule has 1 heterocycles. The Morgan fingerprint density at radius 2 is 1.65 bits per heavy atom. The average molecular weight is 358 g/mol. The van der Waals surface area contributed by atoms with E-state index in [2.05, 4.69) is 4.90 Å². The second-order valence-corrected chi connectivity index (χ2v) is 6.44. The standard InChI is InChI=1S/C20H23FN2O3/c21-20-16(14-24)2-1-3-18(20)23-12-10-22(11-13-23)17-7-4-15(5-8-17)6-9-19(25)26/h1-5,7-8,24H,6,9-14H2,(H,25,26). The van der Waals surface area contributed by atoms with Crippen LogP contribution in [0.5, 0.6) is 0 Å². The highest BCUT2D eigenvalue weighted by Crippen LogP contribution is 2.25. The quantitative estimate of drug-likeness (QED) is 0.831. The minimum atomic E-state index is -0.789. The van der Waals surface area contributed by atoms with E-state index in [1.165, 1.54) is 0 Å². The number of nitrogens with zero attached hydrogens (tertiary/aromatic N) is 2. The van der Waals surface area contributed by atoms with Gasteiger partial charge in [0.25, 0.3) is 0 Å². The SMILES string of the molecule is O=C(O)CCc1ccc(N2CCN(c3cccc(CO)c3F)CC2)cc1. The first-order valence-corrected chi connectivity index (χ1v) is 8.77. The van der Waals surface area contributed by atoms with Crippen LogP contribution in [0.3, 0.4) is 0 Å². The van der Waals surface area contributed by atoms with Gasteiger partial charge in [-0.05, 0) is 30.2 Å². The number of hydrogen-bond donors (Lipinski definition) is 2. The van der Waals surface area contributed by atoms with Crippen LogP contribution in [0.2, 0.25) is 0 Å². The summed E-state index contributed by atoms with van der Waals surface area (Å²) in [6, 6.07) is 13.1. The van der Waals surface area contributed by atoms with Crippen molar-refractivity contribution < 1.29 is 19.4 Å². The number of piperazine rings is 1. The zero-order valence-electron chi connectivity index (χ0n) is 14.6. The van der Waals surface area contributed by atoms with Gasteiger partial charge in [0.1, 0.15) is 0 Å². The number of aliphatic hydroxyl groups is 1. The number of halogens is 1. The van der Waals surface area contributed by atoms with Gasteiger partial charge in [-0.1, -0.05) is 24.3 Å². The molecule has 0 radical (unpaired) electrons. The lowest BCUT2D eigenvalue weighted by Crippen LogP contribution is -2.46. The molecule has 0 atom stereocenters. The van der Waals surface area contributed by atoms with E-state index in [1.54, 1.807) is 18.2 Å². The summed E-state index contributed by atoms with van der Waals surface area (Å²) in [5.74, 6) is -1.13. The number of hydrogen-bond acceptors (Lipinski definition) is 4. The van der Waals surface area contributed by atoms with E-state index in [4.69, 9.17) is 5.11 Å². The number of anilines is 2. The molecule has 1 aliphatic heterocycles. The van der Waals surface area contributed by atoms with Crippen LogP contribution in [0, 0.1) is 5.82 Å². The third kappa shape index (κ3) is 4.14. The fourth-order valence-electron chi connectivity index (χ4n) is 3.26. The topological polar surface area (TPSA) is 64.0 Å². The zero-order chi connectivity index (χ0) is 18.5. The molecule has 0 amide bonds. The summed E-state index contributed by atoms with van der Waals surface area (Å²) >= 11 is 0. The Bertz CT molecular complexity index is 756. The molecule has 0 unspecified atom stereocenters. The molecule has 1 saturated heterocycles. The van der Waals surface area contributed by atoms with Crippen LogP contribution in [0.25, 0.3) is 0 Å². The Kier molecular flexibility index (Phi) is 5.73. The molecular weight excluding hydrogens is 335 g/mol. The van der Waals surface area contributed by atoms with Gasteiger partial charge in [-0.3, -0.25) is 4.79 Å². The van der Waals surface area contributed by atoms with E-state index in [9.17, 15) is 14.3 Å². The van der Waals surface area contributed by atoms with E-state index >= 15 is 0 Å². The first-order chi connectivity index (χ1) is 12.6. The number of aliphatic hydroxyl groups excluding tert-OH is 1. The normalized spacial score (nSPS) is 14.5. The van der Waals surface area contributed by atoms with Gasteiger partial charge in [0.05, 0.1) is 12.3 Å². The van der Waals surface area contributed by atoms with Gasteiger partial charge < -0.3 is 20.0 Å². The van der Waals surface area contributed by atoms with E-state index in [-0.39, 0.29) is 18.8 Å². The molecule has 2 aromatic rings. The molecule has 26 heavy (non-hydrogen) atoms. The van der Waals surface area contributed by atoms with Crippen LogP contribution in [0.1, 0.15) is 17.5 Å². The van der Waals surface area contributed by atoms with Gasteiger partial charge in [-0.25, -0.2) is 4.39 Å². The maximum atomic E-state index is 14.4. The fourth-order valence-corrected chi connectivity index (χ4v) is 3.26. The minimum Gasteiger partial charge on any atom is -0.481 e. The van der Waals surface area contributed by atoms with Crippen LogP contribution in [0.4, 0.5) is 15.8 Å². The van der Waals surface area contributed by atoms with E-state index in [0.717, 1.165) is 24.3 Å². The summed E-state index contributed by atoms with van der Waals surface area (Å²) in [6.07, 6.45) is 0.667. The summed E-state index contributed by atoms with van der Waals surface area (Å²) < 4.78 is 14.4. The lowest BCUT2D eigenvalue weighted by atomic mass is 10.1. The molecule has 5 nitrogen and oxygen atoms in total. The van der Waals surface area contributed by atoms with Crippen molar-refractivity contribution in [2.24, 2.45) is 0 Å². The molecule has 2 N–H and O–H groups in total. The maximum Gasteiger partial charge on any atom is 0.303 e. The lowest BCUT2D eigenvalue weighted by Gasteiger charge is -2.37. The smallest absolute Gasteiger partial charge is 0.303 e. The van der Waals surface area contributed by atoms with E-state index < -0.39 is 5.97 Å². The largest absolute Gasteiger partial charge is 0.481 e. The van der Waals surface area contributed by atoms with Crippen molar-refractivity contribution in [3.05, 3.63) is 59.4 Å². The molecule has 2 aromatic carbocycles. The second kappa shape index (κ2) is 8.19. The minimum absolute atomic E-state index is 0.135. The number of rotatable bonds is 6. The number of carboxylic acid groups (broad SMARTS) is 1. The number of aryl methyl sites for hydroxylation is 1. The van der Waals surface area contributed by atoms with Crippen molar-refractivity contribution in [2.75, 3.05) is 36.0 Å². The Morgan fingerprint density at radius 1 is 1.00 bits per heavy atom. The van der Waals surface area contributed by atoms with Crippen molar-refractivity contribution in [3.8, 4) is 0 Å². The molecule has 0 saturated carbocycles. The van der Waals surface area contributed by atoms with Crippen molar-refractivity contribution in [1.82, 2.24) is 0 Å². The van der Waals surface area contributed by atoms with E-state index in [0.29, 0.717) is 30.8 Å². The molecule has 0 aromatic heterocycles. The summed E-state index contributed by atoms with van der Waals surface area (Å²) in [6.45, 7) is 2.65. The van der Waals surface area contributed by atoms with Crippen LogP contribution >= 0.6 is 0 Å². The highest BCUT2D eigenvalue weighted by molar-refractivity contribution is 5.67. The highest BCUT2D eigenvalue weighted by atomic mass is 19.1. The molecule has 1 aliphatic rings. The molecular formula is C20H23FN2O3. The molecule has 0 aliphatic carbocycles. The maximum absolute atomic E-state index is 14.4. The van der Waals surface area contributed by atoms with Gasteiger partial charge >= 0.3 is 5.97 Å². The lowest BCUT2D eigenvalue weighted by molar-refractivity contribution is -0.136. The Morgan fingerprint density at radius 3 is 2.27 bits per heavy atom. The Balaban J connectivity index is 1.61. The van der Waals surface area contributed by atoms with Gasteiger partial charge in [0, 0.05) is 43.9 Å². The van der Waals surface area contributed by atoms with Crippen molar-refractivity contribution in [3.63, 3.8) is 0 Å². The van der Waals surface area contributed by atoms with Gasteiger partial charge in [0.15, 0.2) is 5.82 Å². The molecule has 1 fully saturated rings. The molecule has 3 rings (SSSR count). The number of carboxylic acids is 1. The number of aliphatic carboxylic acids is 1. The third-order valence-corrected chi connectivity index (χ3v) is 4.78. The number of carbonyl (C=O) groups is 1. The Hall–Kier alpha value is -2.60. The molecule has 138 valence electrons. The molecule has 6 heteroatoms. The summed E-state index contributed by atoms with van der Waals surface area (Å²) in [5.41, 5.74) is 2.97. The summed E-state index contributed by atoms with van der Waals surface area (Å²) in [7, 11) is 0. The first kappa shape index (κ1) is 18.2. The van der Waals surface area contributed by atoms with Crippen molar-refractivity contribution in [1.29, 1.82) is 0 Å². The molecule has 0 bridgehead atoms. The fraction of sp³-hybridized carbons (Fsp3) is 0.350. The monoisotopic (exact) mass is 358 g/mol. The van der Waals surface area contributed by atoms with Crippen molar-refractivity contribution >= 4 is 17.3 Å².